The third-order valence-electron chi connectivity index (χ3n) is 5.71. The van der Waals surface area contributed by atoms with Crippen molar-refractivity contribution in [2.75, 3.05) is 31.1 Å². The van der Waals surface area contributed by atoms with Crippen LogP contribution < -0.4 is 4.90 Å². The average Bonchev–Trinajstić information content (AvgIpc) is 2.80. The van der Waals surface area contributed by atoms with E-state index in [1.165, 1.54) is 5.69 Å². The summed E-state index contributed by atoms with van der Waals surface area (Å²) in [6, 6.07) is 26.7. The molecule has 1 heterocycles. The number of hydrogen-bond donors (Lipinski definition) is 0. The predicted molar refractivity (Wildman–Crippen MR) is 117 cm³/mol. The molecule has 0 radical (unpaired) electrons. The number of rotatable bonds is 5. The summed E-state index contributed by atoms with van der Waals surface area (Å²) < 4.78 is 25.5. The maximum atomic E-state index is 12.8. The van der Waals surface area contributed by atoms with Crippen molar-refractivity contribution in [2.45, 2.75) is 22.8 Å². The van der Waals surface area contributed by atoms with Crippen LogP contribution in [-0.4, -0.2) is 39.5 Å². The van der Waals surface area contributed by atoms with Gasteiger partial charge in [0.1, 0.15) is 0 Å². The summed E-state index contributed by atoms with van der Waals surface area (Å²) in [4.78, 5) is 5.55. The fourth-order valence-corrected chi connectivity index (χ4v) is 5.16. The number of para-hydroxylation sites is 1. The molecule has 3 aromatic carbocycles. The highest BCUT2D eigenvalue weighted by molar-refractivity contribution is 7.91. The van der Waals surface area contributed by atoms with E-state index in [-0.39, 0.29) is 6.04 Å². The number of anilines is 1. The van der Waals surface area contributed by atoms with Crippen molar-refractivity contribution in [3.8, 4) is 0 Å². The molecule has 4 rings (SSSR count). The van der Waals surface area contributed by atoms with E-state index in [1.807, 2.05) is 24.3 Å². The quantitative estimate of drug-likeness (QED) is 0.630. The summed E-state index contributed by atoms with van der Waals surface area (Å²) in [5.74, 6) is 0. The van der Waals surface area contributed by atoms with Gasteiger partial charge in [0.15, 0.2) is 0 Å². The van der Waals surface area contributed by atoms with Gasteiger partial charge in [0.05, 0.1) is 9.79 Å². The molecule has 1 aliphatic rings. The highest BCUT2D eigenvalue weighted by Crippen LogP contribution is 2.26. The Labute approximate surface area is 173 Å². The molecule has 0 bridgehead atoms. The highest BCUT2D eigenvalue weighted by atomic mass is 32.2. The van der Waals surface area contributed by atoms with Gasteiger partial charge in [0.2, 0.25) is 9.84 Å². The second-order valence-electron chi connectivity index (χ2n) is 7.42. The van der Waals surface area contributed by atoms with Crippen molar-refractivity contribution < 1.29 is 8.42 Å². The van der Waals surface area contributed by atoms with E-state index in [9.17, 15) is 8.42 Å². The van der Waals surface area contributed by atoms with Crippen LogP contribution in [0.5, 0.6) is 0 Å². The molecular weight excluding hydrogens is 380 g/mol. The van der Waals surface area contributed by atoms with Crippen LogP contribution in [0.25, 0.3) is 0 Å². The zero-order chi connectivity index (χ0) is 20.3. The Morgan fingerprint density at radius 3 is 1.79 bits per heavy atom. The van der Waals surface area contributed by atoms with Gasteiger partial charge in [-0.3, -0.25) is 4.90 Å². The first-order valence-electron chi connectivity index (χ1n) is 10.00. The first-order valence-corrected chi connectivity index (χ1v) is 11.5. The lowest BCUT2D eigenvalue weighted by atomic mass is 10.1. The van der Waals surface area contributed by atoms with Crippen LogP contribution in [0.15, 0.2) is 94.7 Å². The Kier molecular flexibility index (Phi) is 5.69. The Morgan fingerprint density at radius 1 is 0.690 bits per heavy atom. The van der Waals surface area contributed by atoms with E-state index < -0.39 is 9.84 Å². The number of benzene rings is 3. The molecule has 0 aliphatic carbocycles. The van der Waals surface area contributed by atoms with Crippen molar-refractivity contribution in [3.05, 3.63) is 90.5 Å². The Balaban J connectivity index is 1.43. The van der Waals surface area contributed by atoms with Crippen molar-refractivity contribution in [2.24, 2.45) is 0 Å². The molecule has 3 aromatic rings. The van der Waals surface area contributed by atoms with Gasteiger partial charge in [-0.1, -0.05) is 48.5 Å². The van der Waals surface area contributed by atoms with E-state index in [2.05, 4.69) is 41.0 Å². The Hall–Kier alpha value is -2.63. The maximum Gasteiger partial charge on any atom is 0.206 e. The summed E-state index contributed by atoms with van der Waals surface area (Å²) in [6.45, 7) is 6.16. The van der Waals surface area contributed by atoms with E-state index in [0.717, 1.165) is 31.7 Å². The van der Waals surface area contributed by atoms with Gasteiger partial charge in [-0.15, -0.1) is 0 Å². The van der Waals surface area contributed by atoms with Gasteiger partial charge < -0.3 is 4.90 Å². The first-order chi connectivity index (χ1) is 14.1. The minimum atomic E-state index is -3.46. The zero-order valence-electron chi connectivity index (χ0n) is 16.6. The molecule has 1 aliphatic heterocycles. The molecule has 1 saturated heterocycles. The topological polar surface area (TPSA) is 40.6 Å². The molecule has 0 aromatic heterocycles. The van der Waals surface area contributed by atoms with Crippen molar-refractivity contribution in [1.82, 2.24) is 4.90 Å². The van der Waals surface area contributed by atoms with Crippen molar-refractivity contribution >= 4 is 15.5 Å². The second-order valence-corrected chi connectivity index (χ2v) is 9.37. The van der Waals surface area contributed by atoms with Crippen molar-refractivity contribution in [3.63, 3.8) is 0 Å². The summed E-state index contributed by atoms with van der Waals surface area (Å²) in [6.07, 6.45) is 0. The minimum Gasteiger partial charge on any atom is -0.369 e. The number of sulfone groups is 1. The van der Waals surface area contributed by atoms with Crippen LogP contribution >= 0.6 is 0 Å². The maximum absolute atomic E-state index is 12.8. The molecule has 0 spiro atoms. The normalized spacial score (nSPS) is 16.5. The highest BCUT2D eigenvalue weighted by Gasteiger charge is 2.23. The van der Waals surface area contributed by atoms with E-state index in [1.54, 1.807) is 36.4 Å². The van der Waals surface area contributed by atoms with Crippen molar-refractivity contribution in [1.29, 1.82) is 0 Å². The molecule has 1 unspecified atom stereocenters. The van der Waals surface area contributed by atoms with Gasteiger partial charge in [-0.2, -0.15) is 0 Å². The van der Waals surface area contributed by atoms with Crippen LogP contribution in [0.3, 0.4) is 0 Å². The lowest BCUT2D eigenvalue weighted by Gasteiger charge is -2.39. The molecule has 5 heteroatoms. The number of nitrogens with zero attached hydrogens (tertiary/aromatic N) is 2. The molecule has 0 N–H and O–H groups in total. The monoisotopic (exact) mass is 406 g/mol. The molecule has 150 valence electrons. The van der Waals surface area contributed by atoms with E-state index in [0.29, 0.717) is 9.79 Å². The van der Waals surface area contributed by atoms with Crippen LogP contribution in [0, 0.1) is 0 Å². The smallest absolute Gasteiger partial charge is 0.206 e. The van der Waals surface area contributed by atoms with E-state index >= 15 is 0 Å². The van der Waals surface area contributed by atoms with Gasteiger partial charge in [0, 0.05) is 37.9 Å². The fraction of sp³-hybridized carbons (Fsp3) is 0.250. The molecule has 0 amide bonds. The molecule has 29 heavy (non-hydrogen) atoms. The minimum absolute atomic E-state index is 0.251. The summed E-state index contributed by atoms with van der Waals surface area (Å²) in [7, 11) is -3.46. The molecular formula is C24H26N2O2S. The SMILES string of the molecule is CC(c1ccc(S(=O)(=O)c2ccccc2)cc1)N1CCN(c2ccccc2)CC1. The van der Waals surface area contributed by atoms with E-state index in [4.69, 9.17) is 0 Å². The Morgan fingerprint density at radius 2 is 1.21 bits per heavy atom. The number of piperazine rings is 1. The predicted octanol–water partition coefficient (Wildman–Crippen LogP) is 4.40. The molecule has 1 atom stereocenters. The van der Waals surface area contributed by atoms with Crippen LogP contribution in [0.4, 0.5) is 5.69 Å². The van der Waals surface area contributed by atoms with Gasteiger partial charge in [0.25, 0.3) is 0 Å². The van der Waals surface area contributed by atoms with Gasteiger partial charge in [-0.05, 0) is 48.9 Å². The van der Waals surface area contributed by atoms with Crippen LogP contribution in [0.1, 0.15) is 18.5 Å². The number of hydrogen-bond acceptors (Lipinski definition) is 4. The average molecular weight is 407 g/mol. The third kappa shape index (κ3) is 4.21. The largest absolute Gasteiger partial charge is 0.369 e. The third-order valence-corrected chi connectivity index (χ3v) is 7.50. The molecule has 0 saturated carbocycles. The Bertz CT molecular complexity index is 1030. The molecule has 1 fully saturated rings. The van der Waals surface area contributed by atoms with Crippen LogP contribution in [-0.2, 0) is 9.84 Å². The van der Waals surface area contributed by atoms with Gasteiger partial charge >= 0.3 is 0 Å². The first kappa shape index (κ1) is 19.7. The lowest BCUT2D eigenvalue weighted by Crippen LogP contribution is -2.47. The summed E-state index contributed by atoms with van der Waals surface area (Å²) in [5.41, 5.74) is 2.42. The lowest BCUT2D eigenvalue weighted by molar-refractivity contribution is 0.198. The zero-order valence-corrected chi connectivity index (χ0v) is 17.4. The molecule has 4 nitrogen and oxygen atoms in total. The fourth-order valence-electron chi connectivity index (χ4n) is 3.88. The second kappa shape index (κ2) is 8.39. The summed E-state index contributed by atoms with van der Waals surface area (Å²) in [5, 5.41) is 0. The standard InChI is InChI=1S/C24H26N2O2S/c1-20(25-16-18-26(19-17-25)22-8-4-2-5-9-22)21-12-14-24(15-13-21)29(27,28)23-10-6-3-7-11-23/h2-15,20H,16-19H2,1H3. The summed E-state index contributed by atoms with van der Waals surface area (Å²) >= 11 is 0. The van der Waals surface area contributed by atoms with Gasteiger partial charge in [-0.25, -0.2) is 8.42 Å². The van der Waals surface area contributed by atoms with Crippen LogP contribution in [0.2, 0.25) is 0 Å².